The summed E-state index contributed by atoms with van der Waals surface area (Å²) in [5.74, 6) is -0.446. The maximum absolute atomic E-state index is 14.3. The Morgan fingerprint density at radius 3 is 2.30 bits per heavy atom. The summed E-state index contributed by atoms with van der Waals surface area (Å²) < 4.78 is 14.3. The fourth-order valence-corrected chi connectivity index (χ4v) is 3.37. The van der Waals surface area contributed by atoms with Crippen LogP contribution in [0.25, 0.3) is 0 Å². The van der Waals surface area contributed by atoms with Gasteiger partial charge in [0.2, 0.25) is 5.91 Å². The minimum Gasteiger partial charge on any atom is -0.366 e. The van der Waals surface area contributed by atoms with Gasteiger partial charge in [-0.05, 0) is 49.2 Å². The molecule has 0 unspecified atom stereocenters. The number of anilines is 1. The molecule has 1 heterocycles. The van der Waals surface area contributed by atoms with Crippen molar-refractivity contribution >= 4 is 29.0 Å². The molecule has 2 aromatic carbocycles. The van der Waals surface area contributed by atoms with Crippen molar-refractivity contribution in [2.24, 2.45) is 0 Å². The lowest BCUT2D eigenvalue weighted by Gasteiger charge is -2.36. The van der Waals surface area contributed by atoms with Crippen LogP contribution in [0, 0.1) is 5.82 Å². The second-order valence-corrected chi connectivity index (χ2v) is 7.15. The Hall–Kier alpha value is -2.40. The highest BCUT2D eigenvalue weighted by molar-refractivity contribution is 6.30. The molecule has 0 bridgehead atoms. The molecule has 142 valence electrons. The van der Waals surface area contributed by atoms with Gasteiger partial charge in [0.25, 0.3) is 0 Å². The van der Waals surface area contributed by atoms with Gasteiger partial charge in [-0.25, -0.2) is 4.39 Å². The van der Waals surface area contributed by atoms with E-state index in [1.165, 1.54) is 13.0 Å². The normalized spacial score (nSPS) is 14.3. The first-order chi connectivity index (χ1) is 12.9. The molecular formula is C21H22ClFN2O2. The molecule has 3 rings (SSSR count). The van der Waals surface area contributed by atoms with Crippen LogP contribution >= 0.6 is 11.6 Å². The van der Waals surface area contributed by atoms with Gasteiger partial charge in [-0.3, -0.25) is 9.59 Å². The van der Waals surface area contributed by atoms with Gasteiger partial charge in [0.15, 0.2) is 5.78 Å². The lowest BCUT2D eigenvalue weighted by molar-refractivity contribution is -0.131. The minimum absolute atomic E-state index is 0.108. The zero-order valence-corrected chi connectivity index (χ0v) is 16.0. The average molecular weight is 389 g/mol. The summed E-state index contributed by atoms with van der Waals surface area (Å²) in [7, 11) is 0. The Bertz CT molecular complexity index is 831. The molecule has 0 aromatic heterocycles. The lowest BCUT2D eigenvalue weighted by Crippen LogP contribution is -2.49. The van der Waals surface area contributed by atoms with Gasteiger partial charge in [-0.1, -0.05) is 23.7 Å². The van der Waals surface area contributed by atoms with Crippen molar-refractivity contribution in [3.63, 3.8) is 0 Å². The van der Waals surface area contributed by atoms with Crippen molar-refractivity contribution < 1.29 is 14.0 Å². The molecule has 0 spiro atoms. The van der Waals surface area contributed by atoms with Gasteiger partial charge in [-0.2, -0.15) is 0 Å². The van der Waals surface area contributed by atoms with Crippen LogP contribution in [0.3, 0.4) is 0 Å². The zero-order chi connectivity index (χ0) is 19.4. The number of piperazine rings is 1. The number of aryl methyl sites for hydroxylation is 1. The minimum atomic E-state index is -0.398. The lowest BCUT2D eigenvalue weighted by atomic mass is 10.1. The van der Waals surface area contributed by atoms with Crippen LogP contribution in [0.1, 0.15) is 29.3 Å². The molecule has 4 nitrogen and oxygen atoms in total. The zero-order valence-electron chi connectivity index (χ0n) is 15.3. The van der Waals surface area contributed by atoms with E-state index in [9.17, 15) is 14.0 Å². The van der Waals surface area contributed by atoms with Gasteiger partial charge >= 0.3 is 0 Å². The molecule has 1 saturated heterocycles. The number of ketones is 1. The number of amides is 1. The van der Waals surface area contributed by atoms with Crippen LogP contribution in [0.4, 0.5) is 10.1 Å². The number of carbonyl (C=O) groups excluding carboxylic acids is 2. The molecule has 2 aromatic rings. The highest BCUT2D eigenvalue weighted by Crippen LogP contribution is 2.22. The molecular weight excluding hydrogens is 367 g/mol. The van der Waals surface area contributed by atoms with Crippen LogP contribution in [-0.4, -0.2) is 42.8 Å². The Kier molecular flexibility index (Phi) is 6.11. The molecule has 6 heteroatoms. The van der Waals surface area contributed by atoms with Crippen LogP contribution in [-0.2, 0) is 11.2 Å². The van der Waals surface area contributed by atoms with Crippen molar-refractivity contribution in [1.29, 1.82) is 0 Å². The van der Waals surface area contributed by atoms with Crippen molar-refractivity contribution in [1.82, 2.24) is 4.90 Å². The number of rotatable bonds is 5. The Morgan fingerprint density at radius 2 is 1.70 bits per heavy atom. The number of benzene rings is 2. The summed E-state index contributed by atoms with van der Waals surface area (Å²) in [5.41, 5.74) is 1.93. The van der Waals surface area contributed by atoms with Crippen molar-refractivity contribution in [2.45, 2.75) is 19.8 Å². The topological polar surface area (TPSA) is 40.6 Å². The maximum Gasteiger partial charge on any atom is 0.223 e. The van der Waals surface area contributed by atoms with E-state index >= 15 is 0 Å². The standard InChI is InChI=1S/C21H22ClFN2O2/c1-15(26)17-5-8-20(19(23)14-17)24-10-12-25(13-11-24)21(27)9-4-16-2-6-18(22)7-3-16/h2-3,5-8,14H,4,9-13H2,1H3. The molecule has 0 atom stereocenters. The van der Waals surface area contributed by atoms with E-state index in [-0.39, 0.29) is 11.7 Å². The molecule has 0 radical (unpaired) electrons. The molecule has 0 aliphatic carbocycles. The van der Waals surface area contributed by atoms with E-state index in [0.717, 1.165) is 5.56 Å². The molecule has 0 N–H and O–H groups in total. The number of Topliss-reactive ketones (excluding diaryl/α,β-unsaturated/α-hetero) is 1. The summed E-state index contributed by atoms with van der Waals surface area (Å²) in [4.78, 5) is 27.5. The quantitative estimate of drug-likeness (QED) is 0.728. The monoisotopic (exact) mass is 388 g/mol. The fourth-order valence-electron chi connectivity index (χ4n) is 3.24. The highest BCUT2D eigenvalue weighted by atomic mass is 35.5. The maximum atomic E-state index is 14.3. The number of hydrogen-bond acceptors (Lipinski definition) is 3. The second-order valence-electron chi connectivity index (χ2n) is 6.72. The number of hydrogen-bond donors (Lipinski definition) is 0. The second kappa shape index (κ2) is 8.53. The van der Waals surface area contributed by atoms with E-state index in [4.69, 9.17) is 11.6 Å². The average Bonchev–Trinajstić information content (AvgIpc) is 2.67. The predicted octanol–water partition coefficient (Wildman–Crippen LogP) is 3.96. The van der Waals surface area contributed by atoms with E-state index in [2.05, 4.69) is 0 Å². The SMILES string of the molecule is CC(=O)c1ccc(N2CCN(C(=O)CCc3ccc(Cl)cc3)CC2)c(F)c1. The largest absolute Gasteiger partial charge is 0.366 e. The van der Waals surface area contributed by atoms with Gasteiger partial charge in [0.05, 0.1) is 5.69 Å². The first-order valence-corrected chi connectivity index (χ1v) is 9.39. The van der Waals surface area contributed by atoms with Crippen LogP contribution < -0.4 is 4.90 Å². The van der Waals surface area contributed by atoms with Gasteiger partial charge < -0.3 is 9.80 Å². The van der Waals surface area contributed by atoms with Crippen LogP contribution in [0.15, 0.2) is 42.5 Å². The smallest absolute Gasteiger partial charge is 0.223 e. The third-order valence-corrected chi connectivity index (χ3v) is 5.12. The van der Waals surface area contributed by atoms with Crippen molar-refractivity contribution in [3.05, 3.63) is 64.4 Å². The van der Waals surface area contributed by atoms with E-state index in [0.29, 0.717) is 55.3 Å². The fraction of sp³-hybridized carbons (Fsp3) is 0.333. The molecule has 0 saturated carbocycles. The van der Waals surface area contributed by atoms with Gasteiger partial charge in [0, 0.05) is 43.2 Å². The first-order valence-electron chi connectivity index (χ1n) is 9.01. The Morgan fingerprint density at radius 1 is 1.04 bits per heavy atom. The predicted molar refractivity (Wildman–Crippen MR) is 105 cm³/mol. The van der Waals surface area contributed by atoms with Gasteiger partial charge in [0.1, 0.15) is 5.82 Å². The summed E-state index contributed by atoms with van der Waals surface area (Å²) in [6.07, 6.45) is 1.13. The first kappa shape index (κ1) is 19.4. The third kappa shape index (κ3) is 4.86. The van der Waals surface area contributed by atoms with E-state index in [1.54, 1.807) is 12.1 Å². The summed E-state index contributed by atoms with van der Waals surface area (Å²) in [6.45, 7) is 3.69. The van der Waals surface area contributed by atoms with Crippen LogP contribution in [0.5, 0.6) is 0 Å². The third-order valence-electron chi connectivity index (χ3n) is 4.87. The number of nitrogens with zero attached hydrogens (tertiary/aromatic N) is 2. The highest BCUT2D eigenvalue weighted by Gasteiger charge is 2.23. The van der Waals surface area contributed by atoms with E-state index in [1.807, 2.05) is 34.1 Å². The van der Waals surface area contributed by atoms with Crippen molar-refractivity contribution in [2.75, 3.05) is 31.1 Å². The Labute approximate surface area is 163 Å². The number of carbonyl (C=O) groups is 2. The van der Waals surface area contributed by atoms with Crippen molar-refractivity contribution in [3.8, 4) is 0 Å². The van der Waals surface area contributed by atoms with E-state index < -0.39 is 5.82 Å². The summed E-state index contributed by atoms with van der Waals surface area (Å²) in [5, 5.41) is 0.685. The van der Waals surface area contributed by atoms with Gasteiger partial charge in [-0.15, -0.1) is 0 Å². The molecule has 1 aliphatic rings. The molecule has 1 amide bonds. The summed E-state index contributed by atoms with van der Waals surface area (Å²) in [6, 6.07) is 12.1. The molecule has 1 aliphatic heterocycles. The summed E-state index contributed by atoms with van der Waals surface area (Å²) >= 11 is 5.87. The Balaban J connectivity index is 1.53. The molecule has 1 fully saturated rings. The van der Waals surface area contributed by atoms with Crippen LogP contribution in [0.2, 0.25) is 5.02 Å². The number of halogens is 2. The molecule has 27 heavy (non-hydrogen) atoms.